The van der Waals surface area contributed by atoms with Crippen molar-refractivity contribution in [3.05, 3.63) is 61.8 Å². The van der Waals surface area contributed by atoms with Gasteiger partial charge in [-0.15, -0.1) is 0 Å². The minimum Gasteiger partial charge on any atom is -0.469 e. The van der Waals surface area contributed by atoms with E-state index in [4.69, 9.17) is 4.42 Å². The highest BCUT2D eigenvalue weighted by Crippen LogP contribution is 2.20. The molecule has 0 unspecified atom stereocenters. The molecule has 30 heavy (non-hydrogen) atoms. The fraction of sp³-hybridized carbons (Fsp3) is 0.455. The first kappa shape index (κ1) is 21.5. The molecule has 1 atom stereocenters. The molecular formula is C22H28N4O4. The van der Waals surface area contributed by atoms with Crippen molar-refractivity contribution in [2.24, 2.45) is 14.1 Å². The lowest BCUT2D eigenvalue weighted by atomic mass is 9.99. The van der Waals surface area contributed by atoms with Gasteiger partial charge in [-0.05, 0) is 56.9 Å². The van der Waals surface area contributed by atoms with E-state index in [9.17, 15) is 14.4 Å². The van der Waals surface area contributed by atoms with E-state index in [1.54, 1.807) is 13.3 Å². The number of aryl methyl sites for hydroxylation is 4. The Labute approximate surface area is 174 Å². The fourth-order valence-corrected chi connectivity index (χ4v) is 3.78. The second-order valence-electron chi connectivity index (χ2n) is 7.79. The summed E-state index contributed by atoms with van der Waals surface area (Å²) in [6, 6.07) is 3.81. The number of hydrogen-bond donors (Lipinski definition) is 1. The second-order valence-corrected chi connectivity index (χ2v) is 7.79. The molecule has 160 valence electrons. The van der Waals surface area contributed by atoms with Gasteiger partial charge in [-0.25, -0.2) is 9.78 Å². The number of fused-ring (bicyclic) bond motifs is 1. The van der Waals surface area contributed by atoms with Crippen LogP contribution in [0.2, 0.25) is 0 Å². The van der Waals surface area contributed by atoms with Crippen molar-refractivity contribution in [1.82, 2.24) is 19.4 Å². The molecule has 0 bridgehead atoms. The number of furan rings is 1. The fourth-order valence-electron chi connectivity index (χ4n) is 3.78. The first-order valence-corrected chi connectivity index (χ1v) is 10.1. The lowest BCUT2D eigenvalue weighted by Crippen LogP contribution is -2.38. The third kappa shape index (κ3) is 4.22. The molecule has 0 aliphatic rings. The summed E-state index contributed by atoms with van der Waals surface area (Å²) < 4.78 is 7.79. The summed E-state index contributed by atoms with van der Waals surface area (Å²) in [5.74, 6) is 0.856. The Balaban J connectivity index is 1.73. The Morgan fingerprint density at radius 1 is 1.20 bits per heavy atom. The SMILES string of the molecule is Cc1nc2c(c(C)c1CCC(=O)N[C@H](C)CCc1ccco1)c(=O)n(C)c(=O)n2C. The van der Waals surface area contributed by atoms with E-state index in [0.29, 0.717) is 23.9 Å². The molecular weight excluding hydrogens is 384 g/mol. The van der Waals surface area contributed by atoms with Crippen molar-refractivity contribution in [2.45, 2.75) is 52.5 Å². The van der Waals surface area contributed by atoms with Crippen molar-refractivity contribution in [3.8, 4) is 0 Å². The molecule has 3 aromatic rings. The highest BCUT2D eigenvalue weighted by Gasteiger charge is 2.18. The van der Waals surface area contributed by atoms with Crippen LogP contribution in [0.5, 0.6) is 0 Å². The monoisotopic (exact) mass is 412 g/mol. The standard InChI is InChI=1S/C22H28N4O4/c1-13(8-9-16-7-6-12-30-16)23-18(27)11-10-17-14(2)19-20(24-15(17)3)25(4)22(29)26(5)21(19)28/h6-7,12-13H,8-11H2,1-5H3,(H,23,27)/t13-/m1/s1. The van der Waals surface area contributed by atoms with Crippen molar-refractivity contribution >= 4 is 16.9 Å². The van der Waals surface area contributed by atoms with Gasteiger partial charge in [0.15, 0.2) is 0 Å². The van der Waals surface area contributed by atoms with Crippen molar-refractivity contribution in [3.63, 3.8) is 0 Å². The largest absolute Gasteiger partial charge is 0.469 e. The maximum Gasteiger partial charge on any atom is 0.332 e. The van der Waals surface area contributed by atoms with Gasteiger partial charge in [0.25, 0.3) is 5.56 Å². The number of nitrogens with one attached hydrogen (secondary N) is 1. The Bertz CT molecular complexity index is 1190. The number of carbonyl (C=O) groups excluding carboxylic acids is 1. The van der Waals surface area contributed by atoms with Crippen LogP contribution in [0, 0.1) is 13.8 Å². The first-order chi connectivity index (χ1) is 14.2. The maximum atomic E-state index is 12.7. The molecule has 8 heteroatoms. The molecule has 8 nitrogen and oxygen atoms in total. The van der Waals surface area contributed by atoms with Crippen LogP contribution in [0.4, 0.5) is 0 Å². The molecule has 0 spiro atoms. The van der Waals surface area contributed by atoms with Crippen molar-refractivity contribution < 1.29 is 9.21 Å². The Hall–Kier alpha value is -3.16. The number of pyridine rings is 1. The summed E-state index contributed by atoms with van der Waals surface area (Å²) in [6.07, 6.45) is 3.98. The van der Waals surface area contributed by atoms with E-state index in [-0.39, 0.29) is 17.5 Å². The number of hydrogen-bond acceptors (Lipinski definition) is 5. The number of nitrogens with zero attached hydrogens (tertiary/aromatic N) is 3. The highest BCUT2D eigenvalue weighted by atomic mass is 16.3. The first-order valence-electron chi connectivity index (χ1n) is 10.1. The Morgan fingerprint density at radius 2 is 1.93 bits per heavy atom. The van der Waals surface area contributed by atoms with E-state index >= 15 is 0 Å². The summed E-state index contributed by atoms with van der Waals surface area (Å²) in [6.45, 7) is 5.66. The summed E-state index contributed by atoms with van der Waals surface area (Å²) in [7, 11) is 3.06. The molecule has 3 rings (SSSR count). The molecule has 1 N–H and O–H groups in total. The van der Waals surface area contributed by atoms with Gasteiger partial charge in [0.1, 0.15) is 11.4 Å². The van der Waals surface area contributed by atoms with Gasteiger partial charge in [0.2, 0.25) is 5.91 Å². The zero-order valence-corrected chi connectivity index (χ0v) is 18.1. The summed E-state index contributed by atoms with van der Waals surface area (Å²) in [4.78, 5) is 41.8. The zero-order valence-electron chi connectivity index (χ0n) is 18.1. The smallest absolute Gasteiger partial charge is 0.332 e. The van der Waals surface area contributed by atoms with Crippen LogP contribution in [0.15, 0.2) is 32.4 Å². The molecule has 0 saturated heterocycles. The van der Waals surface area contributed by atoms with E-state index in [1.807, 2.05) is 32.9 Å². The van der Waals surface area contributed by atoms with E-state index in [0.717, 1.165) is 40.0 Å². The maximum absolute atomic E-state index is 12.7. The van der Waals surface area contributed by atoms with Gasteiger partial charge >= 0.3 is 5.69 Å². The van der Waals surface area contributed by atoms with Gasteiger partial charge in [0.05, 0.1) is 11.6 Å². The average molecular weight is 412 g/mol. The minimum atomic E-state index is -0.408. The van der Waals surface area contributed by atoms with E-state index in [2.05, 4.69) is 10.3 Å². The molecule has 0 aromatic carbocycles. The summed E-state index contributed by atoms with van der Waals surface area (Å²) >= 11 is 0. The Kier molecular flexibility index (Phi) is 6.24. The molecule has 3 aromatic heterocycles. The number of carbonyl (C=O) groups is 1. The summed E-state index contributed by atoms with van der Waals surface area (Å²) in [5.41, 5.74) is 1.97. The highest BCUT2D eigenvalue weighted by molar-refractivity contribution is 5.80. The van der Waals surface area contributed by atoms with Crippen LogP contribution in [0.3, 0.4) is 0 Å². The van der Waals surface area contributed by atoms with Crippen LogP contribution in [0.1, 0.15) is 42.3 Å². The molecule has 1 amide bonds. The lowest BCUT2D eigenvalue weighted by molar-refractivity contribution is -0.121. The summed E-state index contributed by atoms with van der Waals surface area (Å²) in [5, 5.41) is 3.44. The van der Waals surface area contributed by atoms with Gasteiger partial charge in [-0.1, -0.05) is 0 Å². The van der Waals surface area contributed by atoms with Gasteiger partial charge in [-0.3, -0.25) is 18.7 Å². The average Bonchev–Trinajstić information content (AvgIpc) is 3.22. The van der Waals surface area contributed by atoms with Crippen LogP contribution in [-0.4, -0.2) is 26.1 Å². The van der Waals surface area contributed by atoms with Crippen LogP contribution in [0.25, 0.3) is 11.0 Å². The van der Waals surface area contributed by atoms with Gasteiger partial charge < -0.3 is 9.73 Å². The molecule has 0 saturated carbocycles. The van der Waals surface area contributed by atoms with Crippen LogP contribution >= 0.6 is 0 Å². The predicted octanol–water partition coefficient (Wildman–Crippen LogP) is 1.91. The topological polar surface area (TPSA) is 99.1 Å². The second kappa shape index (κ2) is 8.69. The predicted molar refractivity (Wildman–Crippen MR) is 115 cm³/mol. The van der Waals surface area contributed by atoms with Crippen LogP contribution in [-0.2, 0) is 31.7 Å². The third-order valence-corrected chi connectivity index (χ3v) is 5.58. The van der Waals surface area contributed by atoms with Crippen molar-refractivity contribution in [1.29, 1.82) is 0 Å². The molecule has 3 heterocycles. The zero-order chi connectivity index (χ0) is 22.0. The number of amides is 1. The van der Waals surface area contributed by atoms with E-state index < -0.39 is 5.69 Å². The van der Waals surface area contributed by atoms with Gasteiger partial charge in [-0.2, -0.15) is 0 Å². The Morgan fingerprint density at radius 3 is 2.60 bits per heavy atom. The van der Waals surface area contributed by atoms with Gasteiger partial charge in [0, 0.05) is 38.7 Å². The molecule has 0 aliphatic heterocycles. The normalized spacial score (nSPS) is 12.3. The molecule has 0 aliphatic carbocycles. The number of aromatic nitrogens is 3. The lowest BCUT2D eigenvalue weighted by Gasteiger charge is -2.16. The molecule has 0 fully saturated rings. The quantitative estimate of drug-likeness (QED) is 0.639. The molecule has 0 radical (unpaired) electrons. The minimum absolute atomic E-state index is 0.0290. The van der Waals surface area contributed by atoms with E-state index in [1.165, 1.54) is 11.6 Å². The van der Waals surface area contributed by atoms with Crippen LogP contribution < -0.4 is 16.6 Å². The third-order valence-electron chi connectivity index (χ3n) is 5.58. The van der Waals surface area contributed by atoms with Crippen molar-refractivity contribution in [2.75, 3.05) is 0 Å². The number of rotatable bonds is 7.